The zero-order chi connectivity index (χ0) is 21.5. The second-order valence-corrected chi connectivity index (χ2v) is 8.16. The van der Waals surface area contributed by atoms with Crippen molar-refractivity contribution < 1.29 is 4.74 Å². The largest absolute Gasteiger partial charge is 0.470 e. The van der Waals surface area contributed by atoms with Crippen molar-refractivity contribution in [3.63, 3.8) is 0 Å². The van der Waals surface area contributed by atoms with Gasteiger partial charge in [-0.1, -0.05) is 11.6 Å². The summed E-state index contributed by atoms with van der Waals surface area (Å²) in [6, 6.07) is 9.09. The van der Waals surface area contributed by atoms with Crippen molar-refractivity contribution >= 4 is 11.6 Å². The van der Waals surface area contributed by atoms with E-state index < -0.39 is 0 Å². The van der Waals surface area contributed by atoms with Gasteiger partial charge >= 0.3 is 5.69 Å². The van der Waals surface area contributed by atoms with Crippen molar-refractivity contribution in [1.29, 1.82) is 0 Å². The molecule has 0 aliphatic rings. The second-order valence-electron chi connectivity index (χ2n) is 7.72. The number of hydrogen-bond acceptors (Lipinski definition) is 6. The van der Waals surface area contributed by atoms with E-state index in [1.54, 1.807) is 47.0 Å². The van der Waals surface area contributed by atoms with Crippen molar-refractivity contribution in [2.45, 2.75) is 32.9 Å². The van der Waals surface area contributed by atoms with E-state index in [0.29, 0.717) is 22.3 Å². The number of aromatic nitrogens is 8. The standard InChI is InChI=1S/C19H21ClN8O2/c1-19(2,3)28-16(15(11-21-28)27-18(29)25(4)23-24-27)12-30-17-9-10-26(22-17)14-7-5-13(20)6-8-14/h5-11H,12H2,1-4H3. The Bertz CT molecular complexity index is 1230. The third kappa shape index (κ3) is 3.73. The summed E-state index contributed by atoms with van der Waals surface area (Å²) in [6.45, 7) is 6.19. The summed E-state index contributed by atoms with van der Waals surface area (Å²) < 4.78 is 11.8. The molecule has 0 amide bonds. The van der Waals surface area contributed by atoms with Gasteiger partial charge < -0.3 is 4.74 Å². The van der Waals surface area contributed by atoms with Crippen LogP contribution in [-0.2, 0) is 19.2 Å². The molecule has 0 saturated carbocycles. The molecule has 10 nitrogen and oxygen atoms in total. The molecule has 0 atom stereocenters. The molecule has 4 aromatic rings. The van der Waals surface area contributed by atoms with Crippen LogP contribution in [0.15, 0.2) is 47.5 Å². The number of benzene rings is 1. The minimum Gasteiger partial charge on any atom is -0.470 e. The van der Waals surface area contributed by atoms with Crippen molar-refractivity contribution in [2.75, 3.05) is 0 Å². The molecule has 3 aromatic heterocycles. The maximum absolute atomic E-state index is 12.3. The van der Waals surface area contributed by atoms with E-state index in [-0.39, 0.29) is 17.8 Å². The molecular formula is C19H21ClN8O2. The van der Waals surface area contributed by atoms with Gasteiger partial charge in [0.15, 0.2) is 0 Å². The first-order valence-corrected chi connectivity index (χ1v) is 9.63. The Morgan fingerprint density at radius 1 is 1.10 bits per heavy atom. The van der Waals surface area contributed by atoms with Gasteiger partial charge in [0.1, 0.15) is 18.0 Å². The van der Waals surface area contributed by atoms with Crippen molar-refractivity contribution in [2.24, 2.45) is 7.05 Å². The number of rotatable bonds is 5. The second kappa shape index (κ2) is 7.45. The van der Waals surface area contributed by atoms with E-state index in [1.807, 2.05) is 32.9 Å². The molecule has 0 aliphatic heterocycles. The van der Waals surface area contributed by atoms with Crippen LogP contribution < -0.4 is 10.4 Å². The highest BCUT2D eigenvalue weighted by Gasteiger charge is 2.24. The number of ether oxygens (including phenoxy) is 1. The fourth-order valence-electron chi connectivity index (χ4n) is 2.98. The molecule has 3 heterocycles. The first-order valence-electron chi connectivity index (χ1n) is 9.25. The highest BCUT2D eigenvalue weighted by Crippen LogP contribution is 2.23. The van der Waals surface area contributed by atoms with Gasteiger partial charge in [0.05, 0.1) is 17.4 Å². The molecular weight excluding hydrogens is 408 g/mol. The highest BCUT2D eigenvalue weighted by atomic mass is 35.5. The van der Waals surface area contributed by atoms with Crippen molar-refractivity contribution in [1.82, 2.24) is 39.4 Å². The minimum absolute atomic E-state index is 0.146. The molecule has 11 heteroatoms. The van der Waals surface area contributed by atoms with Crippen LogP contribution in [-0.4, -0.2) is 39.4 Å². The third-order valence-corrected chi connectivity index (χ3v) is 4.70. The summed E-state index contributed by atoms with van der Waals surface area (Å²) in [4.78, 5) is 12.3. The molecule has 0 aliphatic carbocycles. The number of aryl methyl sites for hydroxylation is 1. The lowest BCUT2D eigenvalue weighted by Crippen LogP contribution is -2.28. The average molecular weight is 429 g/mol. The number of hydrogen-bond donors (Lipinski definition) is 0. The Morgan fingerprint density at radius 2 is 1.83 bits per heavy atom. The third-order valence-electron chi connectivity index (χ3n) is 4.44. The van der Waals surface area contributed by atoms with Crippen LogP contribution in [0.5, 0.6) is 5.88 Å². The number of halogens is 1. The number of tetrazole rings is 1. The van der Waals surface area contributed by atoms with E-state index in [4.69, 9.17) is 16.3 Å². The monoisotopic (exact) mass is 428 g/mol. The predicted octanol–water partition coefficient (Wildman–Crippen LogP) is 2.34. The molecule has 30 heavy (non-hydrogen) atoms. The van der Waals surface area contributed by atoms with E-state index in [0.717, 1.165) is 10.4 Å². The molecule has 0 fully saturated rings. The maximum Gasteiger partial charge on any atom is 0.368 e. The zero-order valence-electron chi connectivity index (χ0n) is 17.0. The molecule has 0 saturated heterocycles. The Kier molecular flexibility index (Phi) is 4.94. The minimum atomic E-state index is -0.364. The Hall–Kier alpha value is -3.40. The van der Waals surface area contributed by atoms with Gasteiger partial charge in [0, 0.05) is 24.3 Å². The van der Waals surface area contributed by atoms with Crippen LogP contribution >= 0.6 is 11.6 Å². The van der Waals surface area contributed by atoms with Crippen LogP contribution in [0, 0.1) is 0 Å². The fourth-order valence-corrected chi connectivity index (χ4v) is 3.11. The normalized spacial score (nSPS) is 11.8. The van der Waals surface area contributed by atoms with Gasteiger partial charge in [-0.3, -0.25) is 4.68 Å². The molecule has 0 unspecified atom stereocenters. The molecule has 0 spiro atoms. The fraction of sp³-hybridized carbons (Fsp3) is 0.316. The first-order chi connectivity index (χ1) is 14.2. The summed E-state index contributed by atoms with van der Waals surface area (Å²) in [5.41, 5.74) is 1.37. The summed E-state index contributed by atoms with van der Waals surface area (Å²) >= 11 is 5.94. The van der Waals surface area contributed by atoms with Gasteiger partial charge in [-0.15, -0.1) is 5.10 Å². The van der Waals surface area contributed by atoms with Crippen LogP contribution in [0.1, 0.15) is 26.5 Å². The number of nitrogens with zero attached hydrogens (tertiary/aromatic N) is 8. The lowest BCUT2D eigenvalue weighted by Gasteiger charge is -2.22. The van der Waals surface area contributed by atoms with Gasteiger partial charge in [-0.25, -0.2) is 9.48 Å². The predicted molar refractivity (Wildman–Crippen MR) is 110 cm³/mol. The van der Waals surface area contributed by atoms with E-state index in [2.05, 4.69) is 20.6 Å². The lowest BCUT2D eigenvalue weighted by molar-refractivity contribution is 0.255. The average Bonchev–Trinajstić information content (AvgIpc) is 3.40. The van der Waals surface area contributed by atoms with E-state index >= 15 is 0 Å². The van der Waals surface area contributed by atoms with Crippen LogP contribution in [0.4, 0.5) is 0 Å². The first kappa shape index (κ1) is 19.9. The van der Waals surface area contributed by atoms with Crippen LogP contribution in [0.25, 0.3) is 11.4 Å². The van der Waals surface area contributed by atoms with Gasteiger partial charge in [-0.2, -0.15) is 14.5 Å². The van der Waals surface area contributed by atoms with Crippen molar-refractivity contribution in [3.05, 3.63) is 63.9 Å². The highest BCUT2D eigenvalue weighted by molar-refractivity contribution is 6.30. The van der Waals surface area contributed by atoms with E-state index in [1.165, 1.54) is 4.68 Å². The molecule has 0 N–H and O–H groups in total. The summed E-state index contributed by atoms with van der Waals surface area (Å²) in [5, 5.41) is 17.3. The van der Waals surface area contributed by atoms with Gasteiger partial charge in [-0.05, 0) is 55.5 Å². The van der Waals surface area contributed by atoms with E-state index in [9.17, 15) is 4.79 Å². The Balaban J connectivity index is 1.63. The Labute approximate surface area is 177 Å². The molecule has 4 rings (SSSR count). The molecule has 1 aromatic carbocycles. The zero-order valence-corrected chi connectivity index (χ0v) is 17.8. The Morgan fingerprint density at radius 3 is 2.47 bits per heavy atom. The quantitative estimate of drug-likeness (QED) is 0.484. The van der Waals surface area contributed by atoms with Crippen LogP contribution in [0.3, 0.4) is 0 Å². The SMILES string of the molecule is Cn1nnn(-c2cnn(C(C)(C)C)c2COc2ccn(-c3ccc(Cl)cc3)n2)c1=O. The summed E-state index contributed by atoms with van der Waals surface area (Å²) in [6.07, 6.45) is 3.39. The van der Waals surface area contributed by atoms with Crippen molar-refractivity contribution in [3.8, 4) is 17.3 Å². The summed E-state index contributed by atoms with van der Waals surface area (Å²) in [7, 11) is 1.54. The maximum atomic E-state index is 12.3. The summed E-state index contributed by atoms with van der Waals surface area (Å²) in [5.74, 6) is 0.434. The van der Waals surface area contributed by atoms with Gasteiger partial charge in [0.25, 0.3) is 0 Å². The molecule has 156 valence electrons. The smallest absolute Gasteiger partial charge is 0.368 e. The molecule has 0 bridgehead atoms. The van der Waals surface area contributed by atoms with Crippen LogP contribution in [0.2, 0.25) is 5.02 Å². The van der Waals surface area contributed by atoms with Gasteiger partial charge in [0.2, 0.25) is 5.88 Å². The topological polar surface area (TPSA) is 97.6 Å². The molecule has 0 radical (unpaired) electrons. The lowest BCUT2D eigenvalue weighted by atomic mass is 10.1.